The Kier molecular flexibility index (Phi) is 5.50. The molecule has 0 atom stereocenters. The molecule has 3 aromatic rings. The van der Waals surface area contributed by atoms with E-state index in [9.17, 15) is 18.4 Å². The van der Waals surface area contributed by atoms with Crippen molar-refractivity contribution in [3.8, 4) is 0 Å². The van der Waals surface area contributed by atoms with Crippen LogP contribution in [0.1, 0.15) is 23.0 Å². The fraction of sp³-hybridized carbons (Fsp3) is 0.167. The van der Waals surface area contributed by atoms with Crippen LogP contribution >= 0.6 is 15.9 Å². The van der Waals surface area contributed by atoms with Crippen LogP contribution < -0.4 is 5.32 Å². The van der Waals surface area contributed by atoms with Gasteiger partial charge in [0.05, 0.1) is 18.7 Å². The molecular weight excluding hydrogens is 424 g/mol. The van der Waals surface area contributed by atoms with Crippen molar-refractivity contribution in [1.29, 1.82) is 0 Å². The van der Waals surface area contributed by atoms with Gasteiger partial charge < -0.3 is 10.1 Å². The quantitative estimate of drug-likeness (QED) is 0.617. The zero-order valence-corrected chi connectivity index (χ0v) is 15.7. The number of imidazole rings is 1. The van der Waals surface area contributed by atoms with Crippen LogP contribution in [0.4, 0.5) is 14.6 Å². The number of nitrogens with one attached hydrogen (secondary N) is 1. The summed E-state index contributed by atoms with van der Waals surface area (Å²) in [7, 11) is 0. The smallest absolute Gasteiger partial charge is 0.312 e. The van der Waals surface area contributed by atoms with Crippen LogP contribution in [-0.2, 0) is 16.0 Å². The van der Waals surface area contributed by atoms with Crippen LogP contribution in [-0.4, -0.2) is 27.9 Å². The molecule has 0 aliphatic rings. The van der Waals surface area contributed by atoms with Crippen LogP contribution in [0.3, 0.4) is 0 Å². The molecule has 3 rings (SSSR count). The summed E-state index contributed by atoms with van der Waals surface area (Å²) in [5.74, 6) is -3.10. The van der Waals surface area contributed by atoms with Crippen molar-refractivity contribution in [3.63, 3.8) is 0 Å². The van der Waals surface area contributed by atoms with E-state index in [4.69, 9.17) is 4.74 Å². The van der Waals surface area contributed by atoms with Crippen molar-refractivity contribution in [2.75, 3.05) is 11.9 Å². The van der Waals surface area contributed by atoms with Crippen molar-refractivity contribution < 1.29 is 23.1 Å². The molecule has 1 amide bonds. The molecular formula is C18H14BrF2N3O3. The normalized spacial score (nSPS) is 10.8. The summed E-state index contributed by atoms with van der Waals surface area (Å²) in [4.78, 5) is 28.7. The number of rotatable bonds is 5. The molecule has 0 radical (unpaired) electrons. The topological polar surface area (TPSA) is 72.7 Å². The number of hydrogen-bond acceptors (Lipinski definition) is 4. The molecule has 0 aliphatic carbocycles. The molecule has 0 saturated carbocycles. The van der Waals surface area contributed by atoms with Crippen LogP contribution in [0.5, 0.6) is 0 Å². The highest BCUT2D eigenvalue weighted by Crippen LogP contribution is 2.23. The molecule has 1 aromatic carbocycles. The van der Waals surface area contributed by atoms with Crippen LogP contribution in [0.2, 0.25) is 0 Å². The predicted molar refractivity (Wildman–Crippen MR) is 97.5 cm³/mol. The number of pyridine rings is 1. The first-order valence-electron chi connectivity index (χ1n) is 7.97. The first-order chi connectivity index (χ1) is 12.9. The van der Waals surface area contributed by atoms with Gasteiger partial charge in [-0.15, -0.1) is 0 Å². The maximum atomic E-state index is 13.4. The molecule has 27 heavy (non-hydrogen) atoms. The van der Waals surface area contributed by atoms with Gasteiger partial charge in [-0.1, -0.05) is 0 Å². The monoisotopic (exact) mass is 437 g/mol. The highest BCUT2D eigenvalue weighted by Gasteiger charge is 2.19. The number of hydrogen-bond donors (Lipinski definition) is 1. The number of ether oxygens (including phenoxy) is 1. The van der Waals surface area contributed by atoms with Gasteiger partial charge in [0.25, 0.3) is 5.91 Å². The Balaban J connectivity index is 1.99. The van der Waals surface area contributed by atoms with Gasteiger partial charge in [-0.2, -0.15) is 0 Å². The number of esters is 1. The lowest BCUT2D eigenvalue weighted by Crippen LogP contribution is -2.16. The molecule has 0 aliphatic heterocycles. The van der Waals surface area contributed by atoms with Gasteiger partial charge in [0.1, 0.15) is 11.5 Å². The van der Waals surface area contributed by atoms with Crippen molar-refractivity contribution >= 4 is 39.3 Å². The molecule has 0 bridgehead atoms. The maximum Gasteiger partial charge on any atom is 0.312 e. The zero-order chi connectivity index (χ0) is 19.6. The molecule has 9 heteroatoms. The summed E-state index contributed by atoms with van der Waals surface area (Å²) in [6.07, 6.45) is 1.51. The second kappa shape index (κ2) is 7.83. The van der Waals surface area contributed by atoms with E-state index in [1.54, 1.807) is 29.7 Å². The Bertz CT molecular complexity index is 1040. The van der Waals surface area contributed by atoms with E-state index in [-0.39, 0.29) is 24.4 Å². The number of carbonyl (C=O) groups is 2. The second-order valence-corrected chi connectivity index (χ2v) is 6.46. The summed E-state index contributed by atoms with van der Waals surface area (Å²) in [6.45, 7) is 1.90. The number of fused-ring (bicyclic) bond motifs is 1. The predicted octanol–water partition coefficient (Wildman–Crippen LogP) is 3.73. The van der Waals surface area contributed by atoms with E-state index in [1.807, 2.05) is 0 Å². The molecule has 2 aromatic heterocycles. The summed E-state index contributed by atoms with van der Waals surface area (Å²) in [5, 5.41) is 2.62. The lowest BCUT2D eigenvalue weighted by atomic mass is 10.2. The fourth-order valence-electron chi connectivity index (χ4n) is 2.49. The van der Waals surface area contributed by atoms with E-state index in [0.717, 1.165) is 22.7 Å². The van der Waals surface area contributed by atoms with Gasteiger partial charge in [0.15, 0.2) is 11.6 Å². The van der Waals surface area contributed by atoms with Crippen LogP contribution in [0.25, 0.3) is 5.65 Å². The first kappa shape index (κ1) is 19.0. The summed E-state index contributed by atoms with van der Waals surface area (Å²) >= 11 is 3.34. The summed E-state index contributed by atoms with van der Waals surface area (Å²) < 4.78 is 33.8. The van der Waals surface area contributed by atoms with Gasteiger partial charge in [-0.25, -0.2) is 13.8 Å². The average molecular weight is 438 g/mol. The minimum atomic E-state index is -1.13. The maximum absolute atomic E-state index is 13.4. The Labute approximate surface area is 161 Å². The highest BCUT2D eigenvalue weighted by atomic mass is 79.9. The van der Waals surface area contributed by atoms with Crippen molar-refractivity contribution in [2.45, 2.75) is 13.3 Å². The van der Waals surface area contributed by atoms with Gasteiger partial charge >= 0.3 is 5.97 Å². The molecule has 2 heterocycles. The zero-order valence-electron chi connectivity index (χ0n) is 14.1. The van der Waals surface area contributed by atoms with Crippen molar-refractivity contribution in [2.24, 2.45) is 0 Å². The van der Waals surface area contributed by atoms with Crippen molar-refractivity contribution in [1.82, 2.24) is 9.38 Å². The molecule has 0 spiro atoms. The first-order valence-corrected chi connectivity index (χ1v) is 8.77. The second-order valence-electron chi connectivity index (χ2n) is 5.55. The van der Waals surface area contributed by atoms with Crippen molar-refractivity contribution in [3.05, 3.63) is 63.9 Å². The lowest BCUT2D eigenvalue weighted by molar-refractivity contribution is -0.142. The Morgan fingerprint density at radius 2 is 2.00 bits per heavy atom. The largest absolute Gasteiger partial charge is 0.466 e. The Morgan fingerprint density at radius 1 is 1.22 bits per heavy atom. The van der Waals surface area contributed by atoms with Gasteiger partial charge in [0.2, 0.25) is 0 Å². The van der Waals surface area contributed by atoms with Gasteiger partial charge in [-0.3, -0.25) is 14.0 Å². The fourth-order valence-corrected chi connectivity index (χ4v) is 2.83. The number of benzene rings is 1. The molecule has 140 valence electrons. The molecule has 0 unspecified atom stereocenters. The molecule has 0 fully saturated rings. The molecule has 6 nitrogen and oxygen atoms in total. The third-order valence-electron chi connectivity index (χ3n) is 3.69. The molecule has 0 saturated heterocycles. The minimum Gasteiger partial charge on any atom is -0.466 e. The summed E-state index contributed by atoms with van der Waals surface area (Å²) in [6, 6.07) is 6.30. The van der Waals surface area contributed by atoms with E-state index >= 15 is 0 Å². The number of amides is 1. The lowest BCUT2D eigenvalue weighted by Gasteiger charge is -2.08. The number of aromatic nitrogens is 2. The number of anilines is 1. The third-order valence-corrected chi connectivity index (χ3v) is 4.15. The number of halogens is 3. The van der Waals surface area contributed by atoms with E-state index in [1.165, 1.54) is 0 Å². The standard InChI is InChI=1S/C18H14BrF2N3O3/c1-2-27-16(25)8-14-17(24-9-11(19)4-6-15(24)22-14)23-18(26)10-3-5-12(20)13(21)7-10/h3-7,9H,2,8H2,1H3,(H,23,26). The Hall–Kier alpha value is -2.81. The van der Waals surface area contributed by atoms with E-state index in [0.29, 0.717) is 11.3 Å². The van der Waals surface area contributed by atoms with E-state index < -0.39 is 23.5 Å². The van der Waals surface area contributed by atoms with Gasteiger partial charge in [-0.05, 0) is 53.2 Å². The molecule has 1 N–H and O–H groups in total. The number of nitrogens with zero attached hydrogens (tertiary/aromatic N) is 2. The minimum absolute atomic E-state index is 0.0686. The number of carbonyl (C=O) groups excluding carboxylic acids is 2. The van der Waals surface area contributed by atoms with E-state index in [2.05, 4.69) is 26.2 Å². The Morgan fingerprint density at radius 3 is 2.70 bits per heavy atom. The van der Waals surface area contributed by atoms with Gasteiger partial charge in [0, 0.05) is 16.2 Å². The summed E-state index contributed by atoms with van der Waals surface area (Å²) in [5.41, 5.74) is 0.724. The van der Waals surface area contributed by atoms with Crippen LogP contribution in [0, 0.1) is 11.6 Å². The average Bonchev–Trinajstić information content (AvgIpc) is 2.94. The SMILES string of the molecule is CCOC(=O)Cc1nc2ccc(Br)cn2c1NC(=O)c1ccc(F)c(F)c1. The highest BCUT2D eigenvalue weighted by molar-refractivity contribution is 9.10. The third kappa shape index (κ3) is 4.13. The van der Waals surface area contributed by atoms with Crippen LogP contribution in [0.15, 0.2) is 41.0 Å².